The Morgan fingerprint density at radius 3 is 2.55 bits per heavy atom. The Morgan fingerprint density at radius 2 is 2.00 bits per heavy atom. The highest BCUT2D eigenvalue weighted by molar-refractivity contribution is 7.48. The first-order valence-corrected chi connectivity index (χ1v) is 7.59. The summed E-state index contributed by atoms with van der Waals surface area (Å²) in [5, 5.41) is 0. The fraction of sp³-hybridized carbons (Fsp3) is 0.500. The van der Waals surface area contributed by atoms with Gasteiger partial charge in [-0.3, -0.25) is 14.3 Å². The lowest BCUT2D eigenvalue weighted by Crippen LogP contribution is -2.36. The minimum atomic E-state index is -2.20. The smallest absolute Gasteiger partial charge is 0.330 e. The van der Waals surface area contributed by atoms with Crippen LogP contribution in [0, 0.1) is 0 Å². The quantitative estimate of drug-likeness (QED) is 0.521. The summed E-state index contributed by atoms with van der Waals surface area (Å²) in [5.74, 6) is 1.18. The highest BCUT2D eigenvalue weighted by atomic mass is 31.2. The van der Waals surface area contributed by atoms with Crippen LogP contribution < -0.4 is 11.2 Å². The summed E-state index contributed by atoms with van der Waals surface area (Å²) in [7, 11) is 0.695. The molecule has 0 radical (unpaired) electrons. The minimum Gasteiger partial charge on any atom is -0.382 e. The Morgan fingerprint density at radius 1 is 1.32 bits per heavy atom. The Balaban J connectivity index is 2.97. The Hall–Kier alpha value is -1.35. The third kappa shape index (κ3) is 6.18. The first-order valence-electron chi connectivity index (χ1n) is 6.28. The van der Waals surface area contributed by atoms with Crippen molar-refractivity contribution in [2.24, 2.45) is 0 Å². The van der Waals surface area contributed by atoms with E-state index in [1.807, 2.05) is 0 Å². The molecule has 10 heteroatoms. The molecular weight excluding hydrogens is 315 g/mol. The maximum absolute atomic E-state index is 11.8. The van der Waals surface area contributed by atoms with Gasteiger partial charge in [-0.05, 0) is 11.9 Å². The van der Waals surface area contributed by atoms with Gasteiger partial charge < -0.3 is 24.0 Å². The number of nitrogens with zero attached hydrogens (tertiary/aromatic N) is 1. The van der Waals surface area contributed by atoms with Crippen LogP contribution in [0.4, 0.5) is 0 Å². The van der Waals surface area contributed by atoms with Crippen LogP contribution >= 0.6 is 8.38 Å². The van der Waals surface area contributed by atoms with E-state index in [0.29, 0.717) is 0 Å². The number of hydrogen-bond donors (Lipinski definition) is 3. The Kier molecular flexibility index (Phi) is 8.18. The maximum Gasteiger partial charge on any atom is 0.330 e. The molecule has 0 aromatic carbocycles. The lowest BCUT2D eigenvalue weighted by atomic mass is 10.3. The molecule has 2 atom stereocenters. The molecule has 2 unspecified atom stereocenters. The fourth-order valence-corrected chi connectivity index (χ4v) is 2.01. The van der Waals surface area contributed by atoms with Crippen LogP contribution in [0.1, 0.15) is 6.23 Å². The van der Waals surface area contributed by atoms with Gasteiger partial charge in [-0.1, -0.05) is 0 Å². The summed E-state index contributed by atoms with van der Waals surface area (Å²) < 4.78 is 16.8. The van der Waals surface area contributed by atoms with Gasteiger partial charge in [0.2, 0.25) is 0 Å². The molecule has 1 rings (SSSR count). The first kappa shape index (κ1) is 18.7. The molecule has 0 aliphatic carbocycles. The lowest BCUT2D eigenvalue weighted by molar-refractivity contribution is -0.0917. The van der Waals surface area contributed by atoms with Crippen molar-refractivity contribution in [1.82, 2.24) is 9.55 Å². The van der Waals surface area contributed by atoms with Crippen molar-refractivity contribution in [2.45, 2.75) is 12.3 Å². The summed E-state index contributed by atoms with van der Waals surface area (Å²) in [6.07, 6.45) is 1.27. The zero-order valence-electron chi connectivity index (χ0n) is 12.2. The molecule has 0 bridgehead atoms. The van der Waals surface area contributed by atoms with Crippen molar-refractivity contribution in [3.63, 3.8) is 0 Å². The predicted molar refractivity (Wildman–Crippen MR) is 79.5 cm³/mol. The van der Waals surface area contributed by atoms with Crippen LogP contribution in [0.15, 0.2) is 33.7 Å². The zero-order chi connectivity index (χ0) is 16.5. The van der Waals surface area contributed by atoms with Crippen molar-refractivity contribution in [3.8, 4) is 0 Å². The van der Waals surface area contributed by atoms with Gasteiger partial charge in [0, 0.05) is 26.5 Å². The molecule has 1 aromatic heterocycles. The molecule has 0 saturated heterocycles. The molecule has 0 spiro atoms. The van der Waals surface area contributed by atoms with E-state index in [2.05, 4.69) is 4.98 Å². The van der Waals surface area contributed by atoms with E-state index in [-0.39, 0.29) is 13.2 Å². The topological polar surface area (TPSA) is 123 Å². The van der Waals surface area contributed by atoms with Gasteiger partial charge in [0.25, 0.3) is 5.56 Å². The molecule has 3 N–H and O–H groups in total. The standard InChI is InChI=1S/C12H19N2O7P/c1-19-7-9(4-6-22(17)18)21-11(8-20-2)14-5-3-10(15)13-12(14)16/h3-6,9,11,17-18H,7-8H2,1-2H3,(H,13,15,16)/b6-4+. The van der Waals surface area contributed by atoms with Crippen molar-refractivity contribution in [3.05, 3.63) is 45.0 Å². The third-order valence-electron chi connectivity index (χ3n) is 2.57. The summed E-state index contributed by atoms with van der Waals surface area (Å²) >= 11 is 0. The molecule has 0 aliphatic rings. The average molecular weight is 334 g/mol. The number of ether oxygens (including phenoxy) is 3. The van der Waals surface area contributed by atoms with E-state index in [1.165, 1.54) is 42.9 Å². The molecule has 0 saturated carbocycles. The molecule has 124 valence electrons. The number of H-pyrrole nitrogens is 1. The second kappa shape index (κ2) is 9.62. The zero-order valence-corrected chi connectivity index (χ0v) is 13.1. The van der Waals surface area contributed by atoms with Gasteiger partial charge in [-0.15, -0.1) is 0 Å². The number of aromatic amines is 1. The number of hydrogen-bond acceptors (Lipinski definition) is 7. The first-order chi connectivity index (χ1) is 10.5. The maximum atomic E-state index is 11.8. The van der Waals surface area contributed by atoms with E-state index in [9.17, 15) is 9.59 Å². The van der Waals surface area contributed by atoms with E-state index in [0.717, 1.165) is 0 Å². The molecule has 0 fully saturated rings. The predicted octanol–water partition coefficient (Wildman–Crippen LogP) is -0.477. The number of methoxy groups -OCH3 is 2. The SMILES string of the molecule is COCC(/C=C/P(O)O)OC(COC)n1ccc(=O)[nH]c1=O. The van der Waals surface area contributed by atoms with Gasteiger partial charge in [-0.2, -0.15) is 0 Å². The third-order valence-corrected chi connectivity index (χ3v) is 3.01. The molecule has 0 amide bonds. The van der Waals surface area contributed by atoms with Crippen LogP contribution in [0.5, 0.6) is 0 Å². The average Bonchev–Trinajstić information content (AvgIpc) is 2.44. The molecule has 1 heterocycles. The molecule has 22 heavy (non-hydrogen) atoms. The fourth-order valence-electron chi connectivity index (χ4n) is 1.66. The molecule has 0 aliphatic heterocycles. The highest BCUT2D eigenvalue weighted by Gasteiger charge is 2.18. The van der Waals surface area contributed by atoms with Crippen LogP contribution in [-0.2, 0) is 14.2 Å². The van der Waals surface area contributed by atoms with Crippen molar-refractivity contribution >= 4 is 8.38 Å². The molecule has 1 aromatic rings. The van der Waals surface area contributed by atoms with E-state index in [1.54, 1.807) is 0 Å². The Bertz CT molecular complexity index is 583. The second-order valence-corrected chi connectivity index (χ2v) is 5.16. The summed E-state index contributed by atoms with van der Waals surface area (Å²) in [5.41, 5.74) is -1.15. The van der Waals surface area contributed by atoms with Crippen LogP contribution in [-0.4, -0.2) is 52.9 Å². The van der Waals surface area contributed by atoms with Crippen molar-refractivity contribution < 1.29 is 24.0 Å². The monoisotopic (exact) mass is 334 g/mol. The van der Waals surface area contributed by atoms with Gasteiger partial charge in [0.1, 0.15) is 6.10 Å². The van der Waals surface area contributed by atoms with Crippen molar-refractivity contribution in [1.29, 1.82) is 0 Å². The lowest BCUT2D eigenvalue weighted by Gasteiger charge is -2.23. The normalized spacial score (nSPS) is 14.6. The van der Waals surface area contributed by atoms with Crippen LogP contribution in [0.3, 0.4) is 0 Å². The van der Waals surface area contributed by atoms with Gasteiger partial charge in [0.15, 0.2) is 14.6 Å². The van der Waals surface area contributed by atoms with Crippen molar-refractivity contribution in [2.75, 3.05) is 27.4 Å². The second-order valence-electron chi connectivity index (χ2n) is 4.22. The van der Waals surface area contributed by atoms with Crippen LogP contribution in [0.25, 0.3) is 0 Å². The Labute approximate surface area is 127 Å². The van der Waals surface area contributed by atoms with E-state index >= 15 is 0 Å². The number of nitrogens with one attached hydrogen (secondary N) is 1. The highest BCUT2D eigenvalue weighted by Crippen LogP contribution is 2.25. The van der Waals surface area contributed by atoms with Gasteiger partial charge in [0.05, 0.1) is 13.2 Å². The summed E-state index contributed by atoms with van der Waals surface area (Å²) in [6, 6.07) is 1.19. The largest absolute Gasteiger partial charge is 0.382 e. The van der Waals surface area contributed by atoms with Gasteiger partial charge in [-0.25, -0.2) is 4.79 Å². The number of aromatic nitrogens is 2. The van der Waals surface area contributed by atoms with Gasteiger partial charge >= 0.3 is 5.69 Å². The molecular formula is C12H19N2O7P. The summed E-state index contributed by atoms with van der Waals surface area (Å²) in [6.45, 7) is 0.186. The van der Waals surface area contributed by atoms with Crippen LogP contribution in [0.2, 0.25) is 0 Å². The van der Waals surface area contributed by atoms with E-state index in [4.69, 9.17) is 24.0 Å². The minimum absolute atomic E-state index is 0.0486. The molecule has 9 nitrogen and oxygen atoms in total. The number of rotatable bonds is 9. The van der Waals surface area contributed by atoms with E-state index < -0.39 is 32.0 Å². The summed E-state index contributed by atoms with van der Waals surface area (Å²) in [4.78, 5) is 42.9.